The van der Waals surface area contributed by atoms with Gasteiger partial charge in [-0.3, -0.25) is 10.6 Å². The van der Waals surface area contributed by atoms with E-state index in [1.54, 1.807) is 0 Å². The topological polar surface area (TPSA) is 80.5 Å². The van der Waals surface area contributed by atoms with E-state index in [2.05, 4.69) is 63.1 Å². The van der Waals surface area contributed by atoms with Crippen molar-refractivity contribution in [3.63, 3.8) is 0 Å². The van der Waals surface area contributed by atoms with Gasteiger partial charge in [0.2, 0.25) is 11.2 Å². The van der Waals surface area contributed by atoms with E-state index in [1.165, 1.54) is 12.2 Å². The minimum atomic E-state index is -0.539. The number of aryl methyl sites for hydroxylation is 1. The molecule has 7 nitrogen and oxygen atoms in total. The standard InChI is InChI=1S/C30H28IN3O4/c1-3-17-37-29(35)32-22-11-13-24-25-14-12-23(33-30(36)38-18-4-2)20-27(25)34(16-8-15-31)28(26(24)19-22)21-9-6-5-7-10-21/h3-7,9-14,19-20H,1-2,8,15-18H2,(H,32,35)/p+1. The lowest BCUT2D eigenvalue weighted by atomic mass is 9.98. The van der Waals surface area contributed by atoms with Crippen molar-refractivity contribution in [1.29, 1.82) is 0 Å². The van der Waals surface area contributed by atoms with E-state index in [4.69, 9.17) is 9.47 Å². The Morgan fingerprint density at radius 2 is 1.42 bits per heavy atom. The van der Waals surface area contributed by atoms with E-state index < -0.39 is 12.2 Å². The van der Waals surface area contributed by atoms with Gasteiger partial charge in [0.05, 0.1) is 16.5 Å². The first-order valence-corrected chi connectivity index (χ1v) is 13.7. The average molecular weight is 622 g/mol. The zero-order valence-electron chi connectivity index (χ0n) is 20.9. The molecule has 2 N–H and O–H groups in total. The van der Waals surface area contributed by atoms with Gasteiger partial charge in [0, 0.05) is 33.6 Å². The minimum absolute atomic E-state index is 0.132. The van der Waals surface area contributed by atoms with Gasteiger partial charge in [-0.25, -0.2) is 9.59 Å². The van der Waals surface area contributed by atoms with E-state index >= 15 is 0 Å². The van der Waals surface area contributed by atoms with Crippen LogP contribution in [0.25, 0.3) is 32.9 Å². The quantitative estimate of drug-likeness (QED) is 0.0643. The van der Waals surface area contributed by atoms with Gasteiger partial charge in [0.1, 0.15) is 19.8 Å². The Morgan fingerprint density at radius 1 is 0.816 bits per heavy atom. The molecule has 0 atom stereocenters. The molecule has 4 aromatic rings. The Bertz CT molecular complexity index is 1490. The van der Waals surface area contributed by atoms with Gasteiger partial charge in [0.25, 0.3) is 0 Å². The van der Waals surface area contributed by atoms with Gasteiger partial charge in [-0.15, -0.1) is 0 Å². The number of nitrogens with zero attached hydrogens (tertiary/aromatic N) is 1. The average Bonchev–Trinajstić information content (AvgIpc) is 2.93. The third-order valence-corrected chi connectivity index (χ3v) is 6.61. The largest absolute Gasteiger partial charge is 0.445 e. The maximum absolute atomic E-state index is 12.2. The van der Waals surface area contributed by atoms with Gasteiger partial charge in [0.15, 0.2) is 0 Å². The second-order valence-electron chi connectivity index (χ2n) is 8.43. The number of anilines is 2. The van der Waals surface area contributed by atoms with E-state index in [0.717, 1.165) is 50.3 Å². The van der Waals surface area contributed by atoms with Crippen molar-refractivity contribution < 1.29 is 23.6 Å². The number of ether oxygens (including phenoxy) is 2. The normalized spacial score (nSPS) is 10.7. The summed E-state index contributed by atoms with van der Waals surface area (Å²) in [5.74, 6) is 0. The second kappa shape index (κ2) is 13.0. The first-order valence-electron chi connectivity index (χ1n) is 12.2. The highest BCUT2D eigenvalue weighted by molar-refractivity contribution is 14.1. The summed E-state index contributed by atoms with van der Waals surface area (Å²) in [6.07, 6.45) is 2.93. The number of benzene rings is 3. The predicted molar refractivity (Wildman–Crippen MR) is 161 cm³/mol. The highest BCUT2D eigenvalue weighted by Gasteiger charge is 2.24. The van der Waals surface area contributed by atoms with Gasteiger partial charge < -0.3 is 9.47 Å². The summed E-state index contributed by atoms with van der Waals surface area (Å²) in [4.78, 5) is 24.5. The Hall–Kier alpha value is -3.92. The monoisotopic (exact) mass is 622 g/mol. The van der Waals surface area contributed by atoms with Gasteiger partial charge in [-0.2, -0.15) is 4.57 Å². The van der Waals surface area contributed by atoms with Gasteiger partial charge in [-0.05, 0) is 36.4 Å². The third-order valence-electron chi connectivity index (χ3n) is 5.84. The fourth-order valence-electron chi connectivity index (χ4n) is 4.31. The lowest BCUT2D eigenvalue weighted by Crippen LogP contribution is -2.38. The summed E-state index contributed by atoms with van der Waals surface area (Å²) in [6.45, 7) is 8.19. The molecule has 38 heavy (non-hydrogen) atoms. The number of rotatable bonds is 10. The van der Waals surface area contributed by atoms with Gasteiger partial charge >= 0.3 is 12.2 Å². The SMILES string of the molecule is C=CCOC(=O)Nc1ccc2c(c1)c(-c1ccccc1)[n+](CCCI)c1cc(NC(=O)OCC=C)ccc21. The predicted octanol–water partition coefficient (Wildman–Crippen LogP) is 7.24. The summed E-state index contributed by atoms with van der Waals surface area (Å²) < 4.78 is 13.5. The van der Waals surface area contributed by atoms with Crippen molar-refractivity contribution in [3.8, 4) is 11.3 Å². The van der Waals surface area contributed by atoms with E-state index in [-0.39, 0.29) is 13.2 Å². The highest BCUT2D eigenvalue weighted by atomic mass is 127. The van der Waals surface area contributed by atoms with Crippen molar-refractivity contribution in [3.05, 3.63) is 92.0 Å². The van der Waals surface area contributed by atoms with Crippen LogP contribution in [-0.2, 0) is 16.0 Å². The van der Waals surface area contributed by atoms with Crippen LogP contribution >= 0.6 is 22.6 Å². The number of hydrogen-bond acceptors (Lipinski definition) is 4. The molecule has 0 bridgehead atoms. The maximum atomic E-state index is 12.2. The molecule has 0 aliphatic carbocycles. The number of fused-ring (bicyclic) bond motifs is 3. The number of halogens is 1. The number of carbonyl (C=O) groups is 2. The zero-order valence-corrected chi connectivity index (χ0v) is 23.1. The molecular formula is C30H29IN3O4+. The van der Waals surface area contributed by atoms with Crippen molar-refractivity contribution >= 4 is 67.8 Å². The number of nitrogens with one attached hydrogen (secondary N) is 2. The summed E-state index contributed by atoms with van der Waals surface area (Å²) in [6, 6.07) is 21.8. The molecule has 0 fully saturated rings. The van der Waals surface area contributed by atoms with Crippen LogP contribution in [-0.4, -0.2) is 29.8 Å². The maximum Gasteiger partial charge on any atom is 0.411 e. The minimum Gasteiger partial charge on any atom is -0.445 e. The summed E-state index contributed by atoms with van der Waals surface area (Å²) in [5, 5.41) is 8.67. The molecule has 0 saturated carbocycles. The van der Waals surface area contributed by atoms with Crippen LogP contribution in [0.4, 0.5) is 21.0 Å². The number of hydrogen-bond donors (Lipinski definition) is 2. The number of pyridine rings is 1. The zero-order chi connectivity index (χ0) is 26.9. The molecule has 0 aliphatic rings. The molecule has 2 amide bonds. The summed E-state index contributed by atoms with van der Waals surface area (Å²) >= 11 is 2.38. The summed E-state index contributed by atoms with van der Waals surface area (Å²) in [5.41, 5.74) is 4.31. The fourth-order valence-corrected chi connectivity index (χ4v) is 4.65. The smallest absolute Gasteiger partial charge is 0.411 e. The Kier molecular flexibility index (Phi) is 9.31. The second-order valence-corrected chi connectivity index (χ2v) is 9.50. The number of amides is 2. The summed E-state index contributed by atoms with van der Waals surface area (Å²) in [7, 11) is 0. The molecule has 0 saturated heterocycles. The third kappa shape index (κ3) is 6.31. The molecule has 0 spiro atoms. The van der Waals surface area contributed by atoms with Crippen LogP contribution in [0.2, 0.25) is 0 Å². The van der Waals surface area contributed by atoms with Crippen LogP contribution in [0.3, 0.4) is 0 Å². The molecule has 1 aromatic heterocycles. The van der Waals surface area contributed by atoms with Crippen molar-refractivity contribution in [2.75, 3.05) is 28.3 Å². The highest BCUT2D eigenvalue weighted by Crippen LogP contribution is 2.34. The molecule has 0 radical (unpaired) electrons. The Morgan fingerprint density at radius 3 is 2.03 bits per heavy atom. The Balaban J connectivity index is 1.93. The molecule has 0 aliphatic heterocycles. The van der Waals surface area contributed by atoms with E-state index in [1.807, 2.05) is 54.6 Å². The fraction of sp³-hybridized carbons (Fsp3) is 0.167. The van der Waals surface area contributed by atoms with Crippen LogP contribution in [0.15, 0.2) is 92.0 Å². The molecule has 8 heteroatoms. The molecule has 3 aromatic carbocycles. The van der Waals surface area contributed by atoms with Crippen LogP contribution in [0, 0.1) is 0 Å². The lowest BCUT2D eigenvalue weighted by molar-refractivity contribution is -0.659. The molecule has 0 unspecified atom stereocenters. The van der Waals surface area contributed by atoms with Crippen molar-refractivity contribution in [2.24, 2.45) is 0 Å². The number of carbonyl (C=O) groups excluding carboxylic acids is 2. The first-order chi connectivity index (χ1) is 18.5. The van der Waals surface area contributed by atoms with Crippen LogP contribution in [0.1, 0.15) is 6.42 Å². The van der Waals surface area contributed by atoms with Crippen molar-refractivity contribution in [2.45, 2.75) is 13.0 Å². The number of aromatic nitrogens is 1. The molecule has 1 heterocycles. The Labute approximate surface area is 235 Å². The van der Waals surface area contributed by atoms with E-state index in [9.17, 15) is 9.59 Å². The van der Waals surface area contributed by atoms with Crippen LogP contribution < -0.4 is 15.2 Å². The molecular weight excluding hydrogens is 593 g/mol. The first kappa shape index (κ1) is 27.1. The van der Waals surface area contributed by atoms with Crippen molar-refractivity contribution in [1.82, 2.24) is 0 Å². The van der Waals surface area contributed by atoms with Gasteiger partial charge in [-0.1, -0.05) is 72.2 Å². The van der Waals surface area contributed by atoms with Crippen LogP contribution in [0.5, 0.6) is 0 Å². The lowest BCUT2D eigenvalue weighted by Gasteiger charge is -2.14. The number of alkyl halides is 1. The van der Waals surface area contributed by atoms with E-state index in [0.29, 0.717) is 11.4 Å². The molecule has 4 rings (SSSR count). The molecule has 194 valence electrons.